The van der Waals surface area contributed by atoms with Crippen LogP contribution >= 0.6 is 0 Å². The molecule has 132 valence electrons. The lowest BCUT2D eigenvalue weighted by Gasteiger charge is -2.46. The van der Waals surface area contributed by atoms with E-state index >= 15 is 0 Å². The van der Waals surface area contributed by atoms with Crippen molar-refractivity contribution in [1.82, 2.24) is 14.2 Å². The van der Waals surface area contributed by atoms with Crippen LogP contribution in [0, 0.1) is 6.92 Å². The minimum atomic E-state index is -3.15. The average molecular weight is 351 g/mol. The number of piperidine rings is 1. The smallest absolute Gasteiger partial charge is 0.217 e. The molecule has 2 aliphatic heterocycles. The van der Waals surface area contributed by atoms with Crippen molar-refractivity contribution in [3.05, 3.63) is 29.6 Å². The van der Waals surface area contributed by atoms with E-state index in [1.165, 1.54) is 0 Å². The van der Waals surface area contributed by atoms with E-state index in [1.807, 2.05) is 25.1 Å². The average Bonchev–Trinajstić information content (AvgIpc) is 3.39. The van der Waals surface area contributed by atoms with Crippen molar-refractivity contribution in [3.8, 4) is 0 Å². The third-order valence-electron chi connectivity index (χ3n) is 5.22. The fraction of sp³-hybridized carbons (Fsp3) is 0.706. The summed E-state index contributed by atoms with van der Waals surface area (Å²) in [5.41, 5.74) is 2.06. The van der Waals surface area contributed by atoms with E-state index in [4.69, 9.17) is 4.74 Å². The molecule has 0 N–H and O–H groups in total. The largest absolute Gasteiger partial charge is 0.375 e. The number of sulfonamides is 1. The summed E-state index contributed by atoms with van der Waals surface area (Å²) >= 11 is 0. The van der Waals surface area contributed by atoms with Gasteiger partial charge in [0.25, 0.3) is 0 Å². The van der Waals surface area contributed by atoms with Crippen LogP contribution in [-0.4, -0.2) is 66.2 Å². The predicted octanol–water partition coefficient (Wildman–Crippen LogP) is 1.16. The molecule has 1 aromatic rings. The Bertz CT molecular complexity index is 705. The van der Waals surface area contributed by atoms with Gasteiger partial charge < -0.3 is 4.74 Å². The van der Waals surface area contributed by atoms with Gasteiger partial charge in [-0.05, 0) is 38.3 Å². The van der Waals surface area contributed by atoms with E-state index in [2.05, 4.69) is 9.88 Å². The van der Waals surface area contributed by atoms with Crippen LogP contribution in [0.1, 0.15) is 30.7 Å². The van der Waals surface area contributed by atoms with Crippen LogP contribution in [0.5, 0.6) is 0 Å². The molecule has 4 rings (SSSR count). The summed E-state index contributed by atoms with van der Waals surface area (Å²) in [7, 11) is -3.15. The molecule has 0 spiro atoms. The van der Waals surface area contributed by atoms with Gasteiger partial charge in [-0.2, -0.15) is 4.31 Å². The van der Waals surface area contributed by atoms with E-state index < -0.39 is 10.0 Å². The Morgan fingerprint density at radius 3 is 2.83 bits per heavy atom. The Balaban J connectivity index is 1.49. The lowest BCUT2D eigenvalue weighted by molar-refractivity contribution is -0.0772. The number of pyridine rings is 1. The van der Waals surface area contributed by atoms with E-state index in [1.54, 1.807) is 4.31 Å². The molecule has 1 saturated carbocycles. The van der Waals surface area contributed by atoms with Crippen molar-refractivity contribution in [2.45, 2.75) is 50.1 Å². The van der Waals surface area contributed by atoms with Gasteiger partial charge in [-0.25, -0.2) is 8.42 Å². The van der Waals surface area contributed by atoms with Gasteiger partial charge in [0, 0.05) is 31.9 Å². The van der Waals surface area contributed by atoms with Crippen molar-refractivity contribution in [3.63, 3.8) is 0 Å². The molecule has 3 fully saturated rings. The summed E-state index contributed by atoms with van der Waals surface area (Å²) in [6, 6.07) is 6.00. The zero-order valence-electron chi connectivity index (χ0n) is 14.1. The quantitative estimate of drug-likeness (QED) is 0.814. The van der Waals surface area contributed by atoms with Crippen LogP contribution in [-0.2, 0) is 21.3 Å². The molecule has 0 unspecified atom stereocenters. The normalized spacial score (nSPS) is 29.4. The first-order chi connectivity index (χ1) is 11.5. The molecule has 2 saturated heterocycles. The van der Waals surface area contributed by atoms with Crippen LogP contribution in [0.15, 0.2) is 18.2 Å². The molecule has 0 amide bonds. The van der Waals surface area contributed by atoms with Crippen LogP contribution in [0.2, 0.25) is 0 Å². The molecule has 24 heavy (non-hydrogen) atoms. The molecule has 7 heteroatoms. The Morgan fingerprint density at radius 1 is 1.25 bits per heavy atom. The second kappa shape index (κ2) is 6.37. The van der Waals surface area contributed by atoms with Gasteiger partial charge in [0.2, 0.25) is 10.0 Å². The Morgan fingerprint density at radius 2 is 2.08 bits per heavy atom. The SMILES string of the molecule is Cc1cccc(CN2CC[C@@H]3OCCN(S(=O)(=O)C4CC4)[C@H]3C2)n1. The number of aromatic nitrogens is 1. The van der Waals surface area contributed by atoms with E-state index in [-0.39, 0.29) is 17.4 Å². The number of fused-ring (bicyclic) bond motifs is 1. The molecule has 1 aliphatic carbocycles. The monoisotopic (exact) mass is 351 g/mol. The van der Waals surface area contributed by atoms with Crippen molar-refractivity contribution < 1.29 is 13.2 Å². The second-order valence-corrected chi connectivity index (χ2v) is 9.29. The first kappa shape index (κ1) is 16.4. The summed E-state index contributed by atoms with van der Waals surface area (Å²) < 4.78 is 33.1. The van der Waals surface area contributed by atoms with E-state index in [9.17, 15) is 8.42 Å². The zero-order valence-corrected chi connectivity index (χ0v) is 14.9. The van der Waals surface area contributed by atoms with Crippen molar-refractivity contribution in [2.75, 3.05) is 26.2 Å². The molecule has 3 heterocycles. The van der Waals surface area contributed by atoms with Gasteiger partial charge in [0.15, 0.2) is 0 Å². The third-order valence-corrected chi connectivity index (χ3v) is 7.64. The highest BCUT2D eigenvalue weighted by Crippen LogP contribution is 2.35. The first-order valence-electron chi connectivity index (χ1n) is 8.81. The first-order valence-corrected chi connectivity index (χ1v) is 10.3. The number of rotatable bonds is 4. The van der Waals surface area contributed by atoms with Gasteiger partial charge in [-0.1, -0.05) is 6.07 Å². The topological polar surface area (TPSA) is 62.7 Å². The summed E-state index contributed by atoms with van der Waals surface area (Å²) in [5, 5.41) is -0.148. The van der Waals surface area contributed by atoms with Crippen LogP contribution in [0.25, 0.3) is 0 Å². The molecule has 0 bridgehead atoms. The Labute approximate surface area is 143 Å². The van der Waals surface area contributed by atoms with Crippen LogP contribution in [0.3, 0.4) is 0 Å². The number of aryl methyl sites for hydroxylation is 1. The Kier molecular flexibility index (Phi) is 4.36. The molecule has 0 radical (unpaired) electrons. The number of likely N-dealkylation sites (tertiary alicyclic amines) is 1. The van der Waals surface area contributed by atoms with E-state index in [0.29, 0.717) is 13.2 Å². The van der Waals surface area contributed by atoms with Gasteiger partial charge in [-0.15, -0.1) is 0 Å². The maximum absolute atomic E-state index is 12.8. The standard InChI is InChI=1S/C17H25N3O3S/c1-13-3-2-4-14(18-13)11-19-8-7-17-16(12-19)20(9-10-23-17)24(21,22)15-5-6-15/h2-4,15-17H,5-12H2,1H3/t16-,17-/m0/s1. The fourth-order valence-electron chi connectivity index (χ4n) is 3.84. The van der Waals surface area contributed by atoms with Gasteiger partial charge in [0.05, 0.1) is 29.7 Å². The van der Waals surface area contributed by atoms with Crippen molar-refractivity contribution >= 4 is 10.0 Å². The summed E-state index contributed by atoms with van der Waals surface area (Å²) in [4.78, 5) is 6.89. The number of hydrogen-bond acceptors (Lipinski definition) is 5. The molecule has 3 aliphatic rings. The fourth-order valence-corrected chi connectivity index (χ4v) is 5.86. The number of ether oxygens (including phenoxy) is 1. The van der Waals surface area contributed by atoms with Gasteiger partial charge in [0.1, 0.15) is 0 Å². The maximum Gasteiger partial charge on any atom is 0.217 e. The number of hydrogen-bond donors (Lipinski definition) is 0. The number of morpholine rings is 1. The Hall–Kier alpha value is -1.02. The minimum absolute atomic E-state index is 0.0361. The molecule has 0 aromatic carbocycles. The molecule has 2 atom stereocenters. The highest BCUT2D eigenvalue weighted by atomic mass is 32.2. The summed E-state index contributed by atoms with van der Waals surface area (Å²) in [5.74, 6) is 0. The van der Waals surface area contributed by atoms with Crippen molar-refractivity contribution in [1.29, 1.82) is 0 Å². The third kappa shape index (κ3) is 3.22. The molecule has 6 nitrogen and oxygen atoms in total. The highest BCUT2D eigenvalue weighted by Gasteiger charge is 2.47. The molecule has 1 aromatic heterocycles. The molecular weight excluding hydrogens is 326 g/mol. The highest BCUT2D eigenvalue weighted by molar-refractivity contribution is 7.90. The van der Waals surface area contributed by atoms with Gasteiger partial charge in [-0.3, -0.25) is 9.88 Å². The molecular formula is C17H25N3O3S. The van der Waals surface area contributed by atoms with Crippen LogP contribution in [0.4, 0.5) is 0 Å². The summed E-state index contributed by atoms with van der Waals surface area (Å²) in [6.45, 7) is 5.43. The lowest BCUT2D eigenvalue weighted by Crippen LogP contribution is -2.61. The minimum Gasteiger partial charge on any atom is -0.375 e. The van der Waals surface area contributed by atoms with Crippen LogP contribution < -0.4 is 0 Å². The zero-order chi connectivity index (χ0) is 16.7. The maximum atomic E-state index is 12.8. The van der Waals surface area contributed by atoms with Crippen molar-refractivity contribution in [2.24, 2.45) is 0 Å². The van der Waals surface area contributed by atoms with Gasteiger partial charge >= 0.3 is 0 Å². The number of nitrogens with zero attached hydrogens (tertiary/aromatic N) is 3. The summed E-state index contributed by atoms with van der Waals surface area (Å²) in [6.07, 6.45) is 2.55. The lowest BCUT2D eigenvalue weighted by atomic mass is 10.0. The second-order valence-electron chi connectivity index (χ2n) is 7.13. The van der Waals surface area contributed by atoms with E-state index in [0.717, 1.165) is 50.3 Å². The predicted molar refractivity (Wildman–Crippen MR) is 91.0 cm³/mol.